The minimum atomic E-state index is -1.04. The van der Waals surface area contributed by atoms with Crippen molar-refractivity contribution in [1.82, 2.24) is 4.90 Å². The fourth-order valence-corrected chi connectivity index (χ4v) is 4.69. The van der Waals surface area contributed by atoms with Crippen LogP contribution in [0, 0.1) is 0 Å². The quantitative estimate of drug-likeness (QED) is 0.360. The third-order valence-electron chi connectivity index (χ3n) is 5.18. The number of nitrogens with zero attached hydrogens (tertiary/aromatic N) is 1. The molecule has 1 N–H and O–H groups in total. The molecule has 0 atom stereocenters. The van der Waals surface area contributed by atoms with Crippen LogP contribution >= 0.6 is 24.0 Å². The number of ketones is 2. The number of hydrogen-bond acceptors (Lipinski definition) is 7. The molecule has 0 bridgehead atoms. The van der Waals surface area contributed by atoms with Crippen molar-refractivity contribution >= 4 is 57.8 Å². The molecule has 184 valence electrons. The predicted molar refractivity (Wildman–Crippen MR) is 143 cm³/mol. The molecular formula is C27H23NO6S2. The molecule has 36 heavy (non-hydrogen) atoms. The second kappa shape index (κ2) is 11.7. The van der Waals surface area contributed by atoms with Gasteiger partial charge in [0.15, 0.2) is 11.6 Å². The van der Waals surface area contributed by atoms with Crippen LogP contribution in [-0.2, 0) is 9.59 Å². The van der Waals surface area contributed by atoms with Crippen LogP contribution in [0.3, 0.4) is 0 Å². The molecule has 2 aromatic carbocycles. The lowest BCUT2D eigenvalue weighted by molar-refractivity contribution is -0.140. The van der Waals surface area contributed by atoms with Gasteiger partial charge in [0.25, 0.3) is 0 Å². The summed E-state index contributed by atoms with van der Waals surface area (Å²) in [6.07, 6.45) is 1.60. The van der Waals surface area contributed by atoms with Crippen molar-refractivity contribution < 1.29 is 28.7 Å². The molecule has 1 aliphatic heterocycles. The molecule has 1 fully saturated rings. The van der Waals surface area contributed by atoms with Gasteiger partial charge < -0.3 is 9.52 Å². The molecule has 1 amide bonds. The highest BCUT2D eigenvalue weighted by Crippen LogP contribution is 2.35. The Balaban J connectivity index is 0.000000235. The van der Waals surface area contributed by atoms with Crippen molar-refractivity contribution in [3.05, 3.63) is 89.2 Å². The topological polar surface area (TPSA) is 105 Å². The van der Waals surface area contributed by atoms with Gasteiger partial charge in [-0.25, -0.2) is 0 Å². The molecule has 2 aliphatic rings. The lowest BCUT2D eigenvalue weighted by Crippen LogP contribution is -2.33. The van der Waals surface area contributed by atoms with E-state index < -0.39 is 5.97 Å². The van der Waals surface area contributed by atoms with Crippen LogP contribution in [0.4, 0.5) is 0 Å². The van der Waals surface area contributed by atoms with Gasteiger partial charge in [-0.1, -0.05) is 86.9 Å². The van der Waals surface area contributed by atoms with Crippen molar-refractivity contribution in [2.45, 2.75) is 13.8 Å². The first-order chi connectivity index (χ1) is 17.3. The number of aliphatic carboxylic acids is 1. The average molecular weight is 522 g/mol. The molecule has 0 radical (unpaired) electrons. The van der Waals surface area contributed by atoms with E-state index in [2.05, 4.69) is 6.58 Å². The zero-order valence-corrected chi connectivity index (χ0v) is 21.3. The van der Waals surface area contributed by atoms with Crippen LogP contribution in [0.2, 0.25) is 0 Å². The summed E-state index contributed by atoms with van der Waals surface area (Å²) in [6, 6.07) is 15.7. The van der Waals surface area contributed by atoms with Gasteiger partial charge in [0.05, 0.1) is 5.75 Å². The van der Waals surface area contributed by atoms with Gasteiger partial charge in [0.2, 0.25) is 5.91 Å². The molecule has 5 rings (SSSR count). The van der Waals surface area contributed by atoms with E-state index >= 15 is 0 Å². The number of carboxylic acids is 1. The third kappa shape index (κ3) is 5.37. The fourth-order valence-electron chi connectivity index (χ4n) is 3.63. The summed E-state index contributed by atoms with van der Waals surface area (Å²) in [5.41, 5.74) is 2.34. The van der Waals surface area contributed by atoms with Crippen molar-refractivity contribution in [3.63, 3.8) is 0 Å². The van der Waals surface area contributed by atoms with E-state index in [9.17, 15) is 19.2 Å². The Bertz CT molecular complexity index is 1360. The van der Waals surface area contributed by atoms with Gasteiger partial charge in [-0.2, -0.15) is 0 Å². The molecule has 2 heterocycles. The molecule has 0 saturated carbocycles. The van der Waals surface area contributed by atoms with Gasteiger partial charge in [0.1, 0.15) is 22.4 Å². The van der Waals surface area contributed by atoms with E-state index in [1.807, 2.05) is 13.8 Å². The molecule has 1 aliphatic carbocycles. The van der Waals surface area contributed by atoms with E-state index in [1.165, 1.54) is 11.8 Å². The van der Waals surface area contributed by atoms with Crippen LogP contribution in [0.1, 0.15) is 51.5 Å². The lowest BCUT2D eigenvalue weighted by atomic mass is 9.81. The zero-order valence-electron chi connectivity index (χ0n) is 19.6. The molecule has 9 heteroatoms. The molecule has 0 unspecified atom stereocenters. The molecule has 3 aromatic rings. The van der Waals surface area contributed by atoms with Crippen LogP contribution in [0.25, 0.3) is 17.4 Å². The van der Waals surface area contributed by atoms with Crippen LogP contribution in [0.5, 0.6) is 0 Å². The molecule has 0 spiro atoms. The first-order valence-corrected chi connectivity index (χ1v) is 12.4. The highest BCUT2D eigenvalue weighted by molar-refractivity contribution is 8.23. The van der Waals surface area contributed by atoms with Gasteiger partial charge in [-0.3, -0.25) is 24.1 Å². The second-order valence-electron chi connectivity index (χ2n) is 7.27. The predicted octanol–water partition coefficient (Wildman–Crippen LogP) is 5.32. The number of benzene rings is 2. The highest BCUT2D eigenvalue weighted by Gasteiger charge is 2.32. The molecule has 1 aromatic heterocycles. The number of carbonyl (C=O) groups excluding carboxylic acids is 3. The first kappa shape index (κ1) is 26.8. The summed E-state index contributed by atoms with van der Waals surface area (Å²) >= 11 is 5.94. The van der Waals surface area contributed by atoms with Gasteiger partial charge in [-0.05, 0) is 18.2 Å². The number of furan rings is 1. The summed E-state index contributed by atoms with van der Waals surface area (Å²) in [5, 5.41) is 8.35. The largest absolute Gasteiger partial charge is 0.480 e. The Morgan fingerprint density at radius 3 is 2.17 bits per heavy atom. The van der Waals surface area contributed by atoms with Gasteiger partial charge in [0, 0.05) is 27.8 Å². The van der Waals surface area contributed by atoms with Gasteiger partial charge >= 0.3 is 5.97 Å². The minimum Gasteiger partial charge on any atom is -0.480 e. The molecule has 7 nitrogen and oxygen atoms in total. The van der Waals surface area contributed by atoms with Crippen LogP contribution in [-0.4, -0.2) is 50.1 Å². The number of carboxylic acid groups (broad SMARTS) is 1. The number of thioether (sulfide) groups is 1. The number of amides is 1. The number of fused-ring (bicyclic) bond motifs is 2. The molecule has 1 saturated heterocycles. The normalized spacial score (nSPS) is 13.7. The van der Waals surface area contributed by atoms with Crippen molar-refractivity contribution in [2.24, 2.45) is 0 Å². The Labute approximate surface area is 217 Å². The summed E-state index contributed by atoms with van der Waals surface area (Å²) in [5.74, 6) is -0.100. The van der Waals surface area contributed by atoms with Crippen LogP contribution in [0.15, 0.2) is 65.6 Å². The Hall–Kier alpha value is -3.82. The maximum atomic E-state index is 12.9. The van der Waals surface area contributed by atoms with E-state index in [1.54, 1.807) is 60.7 Å². The SMILES string of the molecule is C=Cc1ccc(-c2cccc3c2C(=O)c2ccccc2C3=O)o1.CC.O=C(O)CN1C(=O)CSC1=S. The molecular weight excluding hydrogens is 498 g/mol. The Morgan fingerprint density at radius 2 is 1.61 bits per heavy atom. The number of thiocarbonyl (C=S) groups is 1. The van der Waals surface area contributed by atoms with Crippen molar-refractivity contribution in [3.8, 4) is 11.3 Å². The highest BCUT2D eigenvalue weighted by atomic mass is 32.2. The maximum absolute atomic E-state index is 12.9. The van der Waals surface area contributed by atoms with Crippen molar-refractivity contribution in [2.75, 3.05) is 12.3 Å². The minimum absolute atomic E-state index is 0.132. The van der Waals surface area contributed by atoms with Crippen molar-refractivity contribution in [1.29, 1.82) is 0 Å². The maximum Gasteiger partial charge on any atom is 0.323 e. The van der Waals surface area contributed by atoms with Gasteiger partial charge in [-0.15, -0.1) is 0 Å². The third-order valence-corrected chi connectivity index (χ3v) is 6.61. The number of hydrogen-bond donors (Lipinski definition) is 1. The average Bonchev–Trinajstić information content (AvgIpc) is 3.50. The monoisotopic (exact) mass is 521 g/mol. The van der Waals surface area contributed by atoms with Crippen LogP contribution < -0.4 is 0 Å². The Kier molecular flexibility index (Phi) is 8.73. The Morgan fingerprint density at radius 1 is 1.00 bits per heavy atom. The van der Waals surface area contributed by atoms with E-state index in [0.29, 0.717) is 43.7 Å². The summed E-state index contributed by atoms with van der Waals surface area (Å²) in [6.45, 7) is 7.35. The number of carbonyl (C=O) groups is 4. The summed E-state index contributed by atoms with van der Waals surface area (Å²) in [4.78, 5) is 47.8. The second-order valence-corrected chi connectivity index (χ2v) is 8.88. The lowest BCUT2D eigenvalue weighted by Gasteiger charge is -2.19. The number of rotatable bonds is 4. The first-order valence-electron chi connectivity index (χ1n) is 11.0. The summed E-state index contributed by atoms with van der Waals surface area (Å²) < 4.78 is 6.03. The summed E-state index contributed by atoms with van der Waals surface area (Å²) in [7, 11) is 0. The fraction of sp³-hybridized carbons (Fsp3) is 0.148. The standard InChI is InChI=1S/C20H12O3.C5H5NO3S2.C2H6/c1-2-12-10-11-17(23-12)15-8-5-9-16-18(15)20(22)14-7-4-3-6-13(14)19(16)21;7-3-2-11-5(10)6(3)1-4(8)9;1-2/h2-11H,1H2;1-2H2,(H,8,9);1-2H3. The van der Waals surface area contributed by atoms with E-state index in [4.69, 9.17) is 21.7 Å². The smallest absolute Gasteiger partial charge is 0.323 e. The zero-order chi connectivity index (χ0) is 26.4. The van der Waals surface area contributed by atoms with E-state index in [-0.39, 0.29) is 29.8 Å². The van der Waals surface area contributed by atoms with E-state index in [0.717, 1.165) is 4.90 Å².